The van der Waals surface area contributed by atoms with Crippen LogP contribution in [0.3, 0.4) is 0 Å². The van der Waals surface area contributed by atoms with Gasteiger partial charge >= 0.3 is 0 Å². The molecule has 0 bridgehead atoms. The molecular weight excluding hydrogens is 290 g/mol. The Bertz CT molecular complexity index is 686. The first-order valence-electron chi connectivity index (χ1n) is 6.58. The summed E-state index contributed by atoms with van der Waals surface area (Å²) < 4.78 is 28.4. The van der Waals surface area contributed by atoms with Crippen molar-refractivity contribution in [2.24, 2.45) is 5.73 Å². The van der Waals surface area contributed by atoms with E-state index in [1.807, 2.05) is 38.1 Å². The Kier molecular flexibility index (Phi) is 4.53. The van der Waals surface area contributed by atoms with E-state index in [0.717, 1.165) is 11.3 Å². The fourth-order valence-corrected chi connectivity index (χ4v) is 2.43. The molecular formula is C16H16F2N2S. The highest BCUT2D eigenvalue weighted by Gasteiger charge is 2.20. The molecule has 0 saturated carbocycles. The first kappa shape index (κ1) is 15.4. The van der Waals surface area contributed by atoms with E-state index in [-0.39, 0.29) is 16.2 Å². The number of thiocarbonyl (C=S) groups is 1. The Balaban J connectivity index is 2.57. The third kappa shape index (κ3) is 2.88. The van der Waals surface area contributed by atoms with Gasteiger partial charge < -0.3 is 10.6 Å². The summed E-state index contributed by atoms with van der Waals surface area (Å²) in [5, 5.41) is 0. The van der Waals surface area contributed by atoms with Crippen molar-refractivity contribution in [1.82, 2.24) is 0 Å². The van der Waals surface area contributed by atoms with Crippen LogP contribution in [0.5, 0.6) is 0 Å². The molecule has 2 N–H and O–H groups in total. The molecule has 0 aliphatic heterocycles. The van der Waals surface area contributed by atoms with Crippen molar-refractivity contribution in [3.05, 3.63) is 59.2 Å². The van der Waals surface area contributed by atoms with Crippen LogP contribution in [0.4, 0.5) is 20.2 Å². The monoisotopic (exact) mass is 306 g/mol. The van der Waals surface area contributed by atoms with Crippen LogP contribution in [0.25, 0.3) is 0 Å². The van der Waals surface area contributed by atoms with Gasteiger partial charge in [-0.1, -0.05) is 30.4 Å². The summed E-state index contributed by atoms with van der Waals surface area (Å²) in [5.41, 5.74) is 7.30. The smallest absolute Gasteiger partial charge is 0.183 e. The molecule has 2 aromatic carbocycles. The highest BCUT2D eigenvalue weighted by Crippen LogP contribution is 2.32. The number of rotatable bonds is 4. The highest BCUT2D eigenvalue weighted by atomic mass is 32.1. The van der Waals surface area contributed by atoms with Gasteiger partial charge in [0.15, 0.2) is 11.6 Å². The van der Waals surface area contributed by atoms with Crippen molar-refractivity contribution >= 4 is 28.6 Å². The maximum Gasteiger partial charge on any atom is 0.183 e. The zero-order chi connectivity index (χ0) is 15.6. The molecule has 110 valence electrons. The van der Waals surface area contributed by atoms with E-state index in [2.05, 4.69) is 0 Å². The lowest BCUT2D eigenvalue weighted by Crippen LogP contribution is -2.20. The minimum absolute atomic E-state index is 0.0768. The maximum atomic E-state index is 14.3. The van der Waals surface area contributed by atoms with Crippen LogP contribution in [0.15, 0.2) is 36.4 Å². The molecule has 0 radical (unpaired) electrons. The van der Waals surface area contributed by atoms with Gasteiger partial charge in [-0.2, -0.15) is 0 Å². The summed E-state index contributed by atoms with van der Waals surface area (Å²) in [6, 6.07) is 10.5. The molecule has 0 amide bonds. The van der Waals surface area contributed by atoms with Crippen LogP contribution in [0, 0.1) is 18.6 Å². The third-order valence-corrected chi connectivity index (χ3v) is 3.56. The Hall–Kier alpha value is -2.01. The van der Waals surface area contributed by atoms with E-state index >= 15 is 0 Å². The Morgan fingerprint density at radius 3 is 2.33 bits per heavy atom. The minimum atomic E-state index is -1.01. The van der Waals surface area contributed by atoms with Crippen molar-refractivity contribution < 1.29 is 8.78 Å². The fourth-order valence-electron chi connectivity index (χ4n) is 2.27. The normalized spacial score (nSPS) is 10.5. The van der Waals surface area contributed by atoms with E-state index in [1.165, 1.54) is 12.1 Å². The van der Waals surface area contributed by atoms with Gasteiger partial charge in [-0.15, -0.1) is 0 Å². The van der Waals surface area contributed by atoms with E-state index in [9.17, 15) is 8.78 Å². The molecule has 0 aromatic heterocycles. The number of aryl methyl sites for hydroxylation is 1. The van der Waals surface area contributed by atoms with Crippen molar-refractivity contribution in [3.63, 3.8) is 0 Å². The van der Waals surface area contributed by atoms with Gasteiger partial charge in [-0.25, -0.2) is 8.78 Å². The third-order valence-electron chi connectivity index (χ3n) is 3.34. The molecule has 0 heterocycles. The molecule has 0 atom stereocenters. The fraction of sp³-hybridized carbons (Fsp3) is 0.188. The quantitative estimate of drug-likeness (QED) is 0.864. The number of nitrogens with zero attached hydrogens (tertiary/aromatic N) is 1. The van der Waals surface area contributed by atoms with Crippen molar-refractivity contribution in [1.29, 1.82) is 0 Å². The van der Waals surface area contributed by atoms with Gasteiger partial charge in [0.2, 0.25) is 0 Å². The van der Waals surface area contributed by atoms with Crippen LogP contribution in [0.1, 0.15) is 18.1 Å². The van der Waals surface area contributed by atoms with Gasteiger partial charge in [0.05, 0.1) is 5.69 Å². The van der Waals surface area contributed by atoms with Crippen molar-refractivity contribution in [2.45, 2.75) is 13.8 Å². The highest BCUT2D eigenvalue weighted by molar-refractivity contribution is 7.80. The van der Waals surface area contributed by atoms with E-state index < -0.39 is 11.6 Å². The molecule has 0 aliphatic carbocycles. The summed E-state index contributed by atoms with van der Waals surface area (Å²) in [5.74, 6) is -1.95. The average molecular weight is 306 g/mol. The molecule has 0 aliphatic rings. The number of para-hydroxylation sites is 1. The number of benzene rings is 2. The second-order valence-electron chi connectivity index (χ2n) is 4.66. The molecule has 0 unspecified atom stereocenters. The van der Waals surface area contributed by atoms with Crippen molar-refractivity contribution in [2.75, 3.05) is 11.4 Å². The minimum Gasteiger partial charge on any atom is -0.389 e. The lowest BCUT2D eigenvalue weighted by molar-refractivity contribution is 0.507. The molecule has 0 fully saturated rings. The predicted molar refractivity (Wildman–Crippen MR) is 86.1 cm³/mol. The molecule has 5 heteroatoms. The Labute approximate surface area is 128 Å². The number of nitrogens with two attached hydrogens (primary N) is 1. The van der Waals surface area contributed by atoms with Crippen molar-refractivity contribution in [3.8, 4) is 0 Å². The van der Waals surface area contributed by atoms with Crippen LogP contribution in [-0.4, -0.2) is 11.5 Å². The molecule has 2 aromatic rings. The van der Waals surface area contributed by atoms with Gasteiger partial charge in [0.1, 0.15) is 4.99 Å². The SMILES string of the molecule is CCN(c1ccccc1C)c1ccc(C(N)=S)c(F)c1F. The summed E-state index contributed by atoms with van der Waals surface area (Å²) in [4.78, 5) is 1.56. The van der Waals surface area contributed by atoms with Gasteiger partial charge in [0, 0.05) is 17.8 Å². The number of halogens is 2. The summed E-state index contributed by atoms with van der Waals surface area (Å²) in [6.07, 6.45) is 0. The number of anilines is 2. The lowest BCUT2D eigenvalue weighted by Gasteiger charge is -2.26. The van der Waals surface area contributed by atoms with Crippen LogP contribution in [0.2, 0.25) is 0 Å². The zero-order valence-electron chi connectivity index (χ0n) is 11.9. The zero-order valence-corrected chi connectivity index (χ0v) is 12.7. The van der Waals surface area contributed by atoms with Gasteiger partial charge in [0.25, 0.3) is 0 Å². The Morgan fingerprint density at radius 1 is 1.10 bits per heavy atom. The maximum absolute atomic E-state index is 14.3. The molecule has 21 heavy (non-hydrogen) atoms. The first-order valence-corrected chi connectivity index (χ1v) is 6.99. The van der Waals surface area contributed by atoms with Gasteiger partial charge in [-0.3, -0.25) is 0 Å². The molecule has 2 nitrogen and oxygen atoms in total. The van der Waals surface area contributed by atoms with E-state index in [0.29, 0.717) is 6.54 Å². The van der Waals surface area contributed by atoms with E-state index in [4.69, 9.17) is 18.0 Å². The topological polar surface area (TPSA) is 29.3 Å². The first-order chi connectivity index (χ1) is 9.97. The molecule has 0 saturated heterocycles. The average Bonchev–Trinajstić information content (AvgIpc) is 2.45. The molecule has 2 rings (SSSR count). The summed E-state index contributed by atoms with van der Waals surface area (Å²) in [6.45, 7) is 4.31. The van der Waals surface area contributed by atoms with E-state index in [1.54, 1.807) is 4.90 Å². The number of hydrogen-bond donors (Lipinski definition) is 1. The van der Waals surface area contributed by atoms with Crippen LogP contribution >= 0.6 is 12.2 Å². The molecule has 0 spiro atoms. The van der Waals surface area contributed by atoms with Crippen LogP contribution < -0.4 is 10.6 Å². The number of hydrogen-bond acceptors (Lipinski definition) is 2. The standard InChI is InChI=1S/C16H16F2N2S/c1-3-20(12-7-5-4-6-10(12)2)13-9-8-11(16(19)21)14(17)15(13)18/h4-9H,3H2,1-2H3,(H2,19,21). The largest absolute Gasteiger partial charge is 0.389 e. The van der Waals surface area contributed by atoms with Crippen LogP contribution in [-0.2, 0) is 0 Å². The second-order valence-corrected chi connectivity index (χ2v) is 5.10. The Morgan fingerprint density at radius 2 is 1.76 bits per heavy atom. The predicted octanol–water partition coefficient (Wildman–Crippen LogP) is 4.07. The second kappa shape index (κ2) is 6.18. The van der Waals surface area contributed by atoms with Gasteiger partial charge in [-0.05, 0) is 37.6 Å². The summed E-state index contributed by atoms with van der Waals surface area (Å²) in [7, 11) is 0. The summed E-state index contributed by atoms with van der Waals surface area (Å²) >= 11 is 4.72. The lowest BCUT2D eigenvalue weighted by atomic mass is 10.1.